The van der Waals surface area contributed by atoms with Crippen molar-refractivity contribution in [3.8, 4) is 0 Å². The van der Waals surface area contributed by atoms with E-state index in [1.807, 2.05) is 0 Å². The molecular weight excluding hydrogens is 222 g/mol. The van der Waals surface area contributed by atoms with E-state index in [4.69, 9.17) is 11.6 Å². The van der Waals surface area contributed by atoms with Crippen molar-refractivity contribution in [3.05, 3.63) is 44.2 Å². The molecule has 0 aromatic carbocycles. The number of thiazole rings is 1. The van der Waals surface area contributed by atoms with Crippen LogP contribution >= 0.6 is 22.9 Å². The van der Waals surface area contributed by atoms with Gasteiger partial charge in [0.1, 0.15) is 0 Å². The van der Waals surface area contributed by atoms with Gasteiger partial charge in [0.2, 0.25) is 0 Å². The minimum atomic E-state index is 0.00162. The predicted molar refractivity (Wildman–Crippen MR) is 54.7 cm³/mol. The molecule has 6 heteroatoms. The lowest BCUT2D eigenvalue weighted by Gasteiger charge is -1.98. The first kappa shape index (κ1) is 9.36. The topological polar surface area (TPSA) is 47.8 Å². The zero-order chi connectivity index (χ0) is 9.97. The highest BCUT2D eigenvalue weighted by Gasteiger charge is 2.00. The van der Waals surface area contributed by atoms with Crippen LogP contribution < -0.4 is 4.87 Å². The van der Waals surface area contributed by atoms with Crippen LogP contribution in [0, 0.1) is 0 Å². The summed E-state index contributed by atoms with van der Waals surface area (Å²) in [6.07, 6.45) is 1.73. The van der Waals surface area contributed by atoms with Gasteiger partial charge in [-0.1, -0.05) is 22.9 Å². The highest BCUT2D eigenvalue weighted by atomic mass is 35.5. The third kappa shape index (κ3) is 2.00. The molecule has 0 radical (unpaired) electrons. The number of hydrogen-bond acceptors (Lipinski definition) is 4. The Bertz CT molecular complexity index is 476. The second-order valence-corrected chi connectivity index (χ2v) is 3.89. The SMILES string of the molecule is O=c1sccn1Cc1ccc(Cl)nn1. The van der Waals surface area contributed by atoms with Gasteiger partial charge in [-0.2, -0.15) is 5.10 Å². The molecule has 14 heavy (non-hydrogen) atoms. The molecule has 4 nitrogen and oxygen atoms in total. The van der Waals surface area contributed by atoms with Crippen molar-refractivity contribution in [2.24, 2.45) is 0 Å². The van der Waals surface area contributed by atoms with Crippen molar-refractivity contribution < 1.29 is 0 Å². The zero-order valence-electron chi connectivity index (χ0n) is 7.05. The molecule has 0 amide bonds. The quantitative estimate of drug-likeness (QED) is 0.779. The maximum atomic E-state index is 11.2. The fraction of sp³-hybridized carbons (Fsp3) is 0.125. The summed E-state index contributed by atoms with van der Waals surface area (Å²) in [7, 11) is 0. The first-order chi connectivity index (χ1) is 6.75. The van der Waals surface area contributed by atoms with Crippen LogP contribution in [0.25, 0.3) is 0 Å². The van der Waals surface area contributed by atoms with Gasteiger partial charge in [0.15, 0.2) is 5.15 Å². The fourth-order valence-electron chi connectivity index (χ4n) is 1.01. The van der Waals surface area contributed by atoms with E-state index in [-0.39, 0.29) is 4.87 Å². The minimum Gasteiger partial charge on any atom is -0.300 e. The van der Waals surface area contributed by atoms with Crippen LogP contribution in [0.15, 0.2) is 28.5 Å². The number of halogens is 1. The number of aromatic nitrogens is 3. The molecule has 0 aliphatic heterocycles. The molecule has 0 saturated heterocycles. The lowest BCUT2D eigenvalue weighted by Crippen LogP contribution is -2.13. The second-order valence-electron chi connectivity index (χ2n) is 2.64. The Morgan fingerprint density at radius 1 is 1.43 bits per heavy atom. The summed E-state index contributed by atoms with van der Waals surface area (Å²) < 4.78 is 1.57. The molecule has 2 aromatic rings. The Hall–Kier alpha value is -1.20. The third-order valence-electron chi connectivity index (χ3n) is 1.66. The number of hydrogen-bond donors (Lipinski definition) is 0. The molecule has 0 atom stereocenters. The standard InChI is InChI=1S/C8H6ClN3OS/c9-7-2-1-6(10-11-7)5-12-3-4-14-8(12)13/h1-4H,5H2. The Kier molecular flexibility index (Phi) is 2.60. The molecular formula is C8H6ClN3OS. The van der Waals surface area contributed by atoms with Gasteiger partial charge >= 0.3 is 4.87 Å². The monoisotopic (exact) mass is 227 g/mol. The van der Waals surface area contributed by atoms with Crippen LogP contribution in [-0.4, -0.2) is 14.8 Å². The van der Waals surface area contributed by atoms with Gasteiger partial charge in [0.05, 0.1) is 12.2 Å². The van der Waals surface area contributed by atoms with Gasteiger partial charge in [0, 0.05) is 11.6 Å². The van der Waals surface area contributed by atoms with Gasteiger partial charge in [-0.15, -0.1) is 5.10 Å². The van der Waals surface area contributed by atoms with E-state index < -0.39 is 0 Å². The van der Waals surface area contributed by atoms with Crippen molar-refractivity contribution in [2.45, 2.75) is 6.54 Å². The Morgan fingerprint density at radius 2 is 2.29 bits per heavy atom. The van der Waals surface area contributed by atoms with E-state index in [2.05, 4.69) is 10.2 Å². The molecule has 0 fully saturated rings. The summed E-state index contributed by atoms with van der Waals surface area (Å²) in [4.78, 5) is 11.2. The first-order valence-electron chi connectivity index (χ1n) is 3.88. The normalized spacial score (nSPS) is 10.4. The lowest BCUT2D eigenvalue weighted by atomic mass is 10.4. The maximum Gasteiger partial charge on any atom is 0.307 e. The maximum absolute atomic E-state index is 11.2. The van der Waals surface area contributed by atoms with Crippen LogP contribution in [-0.2, 0) is 6.54 Å². The van der Waals surface area contributed by atoms with Crippen molar-refractivity contribution in [1.29, 1.82) is 0 Å². The van der Waals surface area contributed by atoms with E-state index in [0.717, 1.165) is 17.0 Å². The Labute approximate surface area is 88.8 Å². The van der Waals surface area contributed by atoms with Crippen LogP contribution in [0.2, 0.25) is 5.15 Å². The first-order valence-corrected chi connectivity index (χ1v) is 5.13. The van der Waals surface area contributed by atoms with Gasteiger partial charge in [-0.25, -0.2) is 0 Å². The molecule has 0 saturated carbocycles. The van der Waals surface area contributed by atoms with Crippen molar-refractivity contribution in [3.63, 3.8) is 0 Å². The average molecular weight is 228 g/mol. The van der Waals surface area contributed by atoms with Crippen molar-refractivity contribution in [1.82, 2.24) is 14.8 Å². The van der Waals surface area contributed by atoms with Gasteiger partial charge in [-0.3, -0.25) is 9.36 Å². The Morgan fingerprint density at radius 3 is 2.86 bits per heavy atom. The molecule has 0 bridgehead atoms. The molecule has 72 valence electrons. The summed E-state index contributed by atoms with van der Waals surface area (Å²) in [5.74, 6) is 0. The summed E-state index contributed by atoms with van der Waals surface area (Å²) in [6.45, 7) is 0.437. The molecule has 2 rings (SSSR count). The third-order valence-corrected chi connectivity index (χ3v) is 2.56. The van der Waals surface area contributed by atoms with Gasteiger partial charge < -0.3 is 0 Å². The van der Waals surface area contributed by atoms with E-state index in [9.17, 15) is 4.79 Å². The summed E-state index contributed by atoms with van der Waals surface area (Å²) >= 11 is 6.74. The number of nitrogens with zero attached hydrogens (tertiary/aromatic N) is 3. The van der Waals surface area contributed by atoms with E-state index >= 15 is 0 Å². The zero-order valence-corrected chi connectivity index (χ0v) is 8.63. The molecule has 2 aromatic heterocycles. The highest BCUT2D eigenvalue weighted by molar-refractivity contribution is 7.07. The van der Waals surface area contributed by atoms with E-state index in [1.54, 1.807) is 28.3 Å². The summed E-state index contributed by atoms with van der Waals surface area (Å²) in [5, 5.41) is 9.64. The van der Waals surface area contributed by atoms with Crippen LogP contribution in [0.5, 0.6) is 0 Å². The van der Waals surface area contributed by atoms with Crippen LogP contribution in [0.3, 0.4) is 0 Å². The minimum absolute atomic E-state index is 0.00162. The Balaban J connectivity index is 2.23. The molecule has 2 heterocycles. The molecule has 0 aliphatic carbocycles. The fourth-order valence-corrected chi connectivity index (χ4v) is 1.70. The average Bonchev–Trinajstić information content (AvgIpc) is 2.56. The van der Waals surface area contributed by atoms with E-state index in [0.29, 0.717) is 11.7 Å². The summed E-state index contributed by atoms with van der Waals surface area (Å²) in [6, 6.07) is 3.40. The lowest BCUT2D eigenvalue weighted by molar-refractivity contribution is 0.742. The molecule has 0 N–H and O–H groups in total. The smallest absolute Gasteiger partial charge is 0.300 e. The number of rotatable bonds is 2. The molecule has 0 unspecified atom stereocenters. The van der Waals surface area contributed by atoms with Crippen LogP contribution in [0.4, 0.5) is 0 Å². The van der Waals surface area contributed by atoms with E-state index in [1.165, 1.54) is 0 Å². The molecule has 0 spiro atoms. The molecule has 0 aliphatic rings. The van der Waals surface area contributed by atoms with Crippen LogP contribution in [0.1, 0.15) is 5.69 Å². The van der Waals surface area contributed by atoms with Gasteiger partial charge in [-0.05, 0) is 12.1 Å². The largest absolute Gasteiger partial charge is 0.307 e. The van der Waals surface area contributed by atoms with Crippen molar-refractivity contribution >= 4 is 22.9 Å². The predicted octanol–water partition coefficient (Wildman–Crippen LogP) is 1.40. The van der Waals surface area contributed by atoms with Crippen molar-refractivity contribution in [2.75, 3.05) is 0 Å². The highest BCUT2D eigenvalue weighted by Crippen LogP contribution is 2.03. The second kappa shape index (κ2) is 3.89. The summed E-state index contributed by atoms with van der Waals surface area (Å²) in [5.41, 5.74) is 0.718. The van der Waals surface area contributed by atoms with Gasteiger partial charge in [0.25, 0.3) is 0 Å².